The van der Waals surface area contributed by atoms with Gasteiger partial charge in [-0.05, 0) is 89.3 Å². The van der Waals surface area contributed by atoms with E-state index in [9.17, 15) is 4.79 Å². The van der Waals surface area contributed by atoms with Crippen LogP contribution in [0.4, 0.5) is 4.79 Å². The van der Waals surface area contributed by atoms with Crippen molar-refractivity contribution in [3.05, 3.63) is 11.9 Å². The average molecular weight is 433 g/mol. The second-order valence-electron chi connectivity index (χ2n) is 9.51. The molecule has 1 amide bonds. The highest BCUT2D eigenvalue weighted by Gasteiger charge is 2.51. The summed E-state index contributed by atoms with van der Waals surface area (Å²) in [6.07, 6.45) is 12.8. The summed E-state index contributed by atoms with van der Waals surface area (Å²) in [6.45, 7) is 13.5. The Bertz CT molecular complexity index is 648. The van der Waals surface area contributed by atoms with Crippen LogP contribution in [0.15, 0.2) is 16.9 Å². The molecule has 4 fully saturated rings. The number of nitrogens with zero attached hydrogens (tertiary/aromatic N) is 4. The van der Waals surface area contributed by atoms with Gasteiger partial charge >= 0.3 is 6.09 Å². The molecule has 3 heterocycles. The van der Waals surface area contributed by atoms with Crippen LogP contribution in [0.5, 0.6) is 0 Å². The Kier molecular flexibility index (Phi) is 8.43. The number of ether oxygens (including phenoxy) is 1. The molecule has 3 aliphatic heterocycles. The van der Waals surface area contributed by atoms with Gasteiger partial charge < -0.3 is 19.4 Å². The number of likely N-dealkylation sites (tertiary alicyclic amines) is 3. The maximum absolute atomic E-state index is 11.8. The fourth-order valence-electron chi connectivity index (χ4n) is 6.43. The molecule has 0 aromatic carbocycles. The van der Waals surface area contributed by atoms with Crippen molar-refractivity contribution in [2.75, 3.05) is 39.8 Å². The van der Waals surface area contributed by atoms with Crippen molar-refractivity contribution in [1.29, 1.82) is 0 Å². The Labute approximate surface area is 189 Å². The van der Waals surface area contributed by atoms with Gasteiger partial charge in [0.15, 0.2) is 0 Å². The van der Waals surface area contributed by atoms with Crippen molar-refractivity contribution in [1.82, 2.24) is 14.7 Å². The minimum absolute atomic E-state index is 0.153. The van der Waals surface area contributed by atoms with Gasteiger partial charge in [-0.2, -0.15) is 0 Å². The first-order valence-corrected chi connectivity index (χ1v) is 12.6. The maximum atomic E-state index is 11.8. The number of hydrogen-bond acceptors (Lipinski definition) is 5. The Balaban J connectivity index is 0.00000132. The fraction of sp³-hybridized carbons (Fsp3) is 0.840. The van der Waals surface area contributed by atoms with E-state index in [1.807, 2.05) is 31.9 Å². The normalized spacial score (nSPS) is 32.4. The molecule has 1 atom stereocenters. The number of piperidine rings is 1. The van der Waals surface area contributed by atoms with Crippen molar-refractivity contribution in [2.24, 2.45) is 16.3 Å². The topological polar surface area (TPSA) is 48.4 Å². The van der Waals surface area contributed by atoms with E-state index < -0.39 is 0 Å². The van der Waals surface area contributed by atoms with Crippen molar-refractivity contribution in [2.45, 2.75) is 84.7 Å². The second-order valence-corrected chi connectivity index (χ2v) is 9.51. The average Bonchev–Trinajstić information content (AvgIpc) is 3.45. The molecule has 1 aliphatic carbocycles. The summed E-state index contributed by atoms with van der Waals surface area (Å²) >= 11 is 0. The van der Waals surface area contributed by atoms with Crippen molar-refractivity contribution < 1.29 is 9.53 Å². The van der Waals surface area contributed by atoms with Gasteiger partial charge in [0.1, 0.15) is 5.82 Å². The molecule has 0 aromatic heterocycles. The first kappa shape index (κ1) is 24.1. The molecule has 4 aliphatic rings. The molecule has 1 saturated carbocycles. The van der Waals surface area contributed by atoms with E-state index in [-0.39, 0.29) is 6.09 Å². The van der Waals surface area contributed by atoms with Gasteiger partial charge in [0.2, 0.25) is 0 Å². The van der Waals surface area contributed by atoms with Crippen LogP contribution in [0.25, 0.3) is 0 Å². The summed E-state index contributed by atoms with van der Waals surface area (Å²) < 4.78 is 4.91. The number of aliphatic imine (C=N–C) groups is 1. The second kappa shape index (κ2) is 10.8. The van der Waals surface area contributed by atoms with E-state index in [4.69, 9.17) is 4.74 Å². The zero-order valence-electron chi connectivity index (χ0n) is 20.5. The largest absolute Gasteiger partial charge is 0.453 e. The highest BCUT2D eigenvalue weighted by atomic mass is 16.5. The number of rotatable bonds is 4. The van der Waals surface area contributed by atoms with Crippen LogP contribution in [-0.2, 0) is 4.74 Å². The van der Waals surface area contributed by atoms with Crippen LogP contribution in [0, 0.1) is 11.3 Å². The smallest absolute Gasteiger partial charge is 0.409 e. The molecule has 176 valence electrons. The van der Waals surface area contributed by atoms with E-state index in [0.29, 0.717) is 11.5 Å². The molecule has 0 N–H and O–H groups in total. The molecule has 6 heteroatoms. The number of allylic oxidation sites excluding steroid dienone is 1. The Morgan fingerprint density at radius 3 is 2.39 bits per heavy atom. The summed E-state index contributed by atoms with van der Waals surface area (Å²) in [5.74, 6) is 1.96. The van der Waals surface area contributed by atoms with Crippen molar-refractivity contribution in [3.8, 4) is 0 Å². The van der Waals surface area contributed by atoms with Crippen LogP contribution in [0.3, 0.4) is 0 Å². The minimum atomic E-state index is -0.153. The predicted octanol–water partition coefficient (Wildman–Crippen LogP) is 4.76. The summed E-state index contributed by atoms with van der Waals surface area (Å²) in [5.41, 5.74) is 0.372. The van der Waals surface area contributed by atoms with E-state index in [1.165, 1.54) is 58.7 Å². The lowest BCUT2D eigenvalue weighted by molar-refractivity contribution is -0.0144. The molecule has 0 aromatic rings. The number of carbonyl (C=O) groups is 1. The third kappa shape index (κ3) is 5.10. The Morgan fingerprint density at radius 2 is 1.77 bits per heavy atom. The number of carbonyl (C=O) groups excluding carboxylic acids is 1. The molecule has 0 bridgehead atoms. The van der Waals surface area contributed by atoms with Gasteiger partial charge in [0.25, 0.3) is 0 Å². The first-order chi connectivity index (χ1) is 15.1. The molecule has 3 saturated heterocycles. The summed E-state index contributed by atoms with van der Waals surface area (Å²) in [6, 6.07) is 1.40. The van der Waals surface area contributed by atoms with E-state index in [2.05, 4.69) is 27.8 Å². The van der Waals surface area contributed by atoms with Gasteiger partial charge in [-0.1, -0.05) is 13.8 Å². The summed E-state index contributed by atoms with van der Waals surface area (Å²) in [5, 5.41) is 0. The Morgan fingerprint density at radius 1 is 1.06 bits per heavy atom. The Hall–Kier alpha value is -1.56. The molecular weight excluding hydrogens is 388 g/mol. The molecule has 1 unspecified atom stereocenters. The third-order valence-corrected chi connectivity index (χ3v) is 7.96. The van der Waals surface area contributed by atoms with Crippen molar-refractivity contribution >= 4 is 12.3 Å². The quantitative estimate of drug-likeness (QED) is 0.601. The van der Waals surface area contributed by atoms with Crippen LogP contribution in [-0.4, -0.2) is 78.9 Å². The van der Waals surface area contributed by atoms with Crippen LogP contribution in [0.1, 0.15) is 72.6 Å². The molecule has 31 heavy (non-hydrogen) atoms. The van der Waals surface area contributed by atoms with E-state index in [0.717, 1.165) is 43.8 Å². The monoisotopic (exact) mass is 432 g/mol. The predicted molar refractivity (Wildman–Crippen MR) is 127 cm³/mol. The van der Waals surface area contributed by atoms with Gasteiger partial charge in [0, 0.05) is 37.9 Å². The number of amides is 1. The minimum Gasteiger partial charge on any atom is -0.453 e. The fourth-order valence-corrected chi connectivity index (χ4v) is 6.43. The zero-order chi connectivity index (χ0) is 22.4. The highest BCUT2D eigenvalue weighted by Crippen LogP contribution is 2.51. The van der Waals surface area contributed by atoms with Crippen molar-refractivity contribution in [3.63, 3.8) is 0 Å². The standard InChI is InChI=1S/C23H38N4O2.C2H6/c1-4-21(24-5-2)27-11-6-7-20(27)18-8-12-25(13-9-18)19-15-23(16-19)10-14-26(17-23)22(28)29-3;1-2/h4-5,18-20H,6-17H2,1-3H3;1-2H3/b21-4+,24-5-;. The molecule has 0 radical (unpaired) electrons. The van der Waals surface area contributed by atoms with Gasteiger partial charge in [-0.15, -0.1) is 0 Å². The summed E-state index contributed by atoms with van der Waals surface area (Å²) in [4.78, 5) is 23.6. The van der Waals surface area contributed by atoms with Crippen LogP contribution in [0.2, 0.25) is 0 Å². The lowest BCUT2D eigenvalue weighted by Crippen LogP contribution is -2.55. The molecule has 6 nitrogen and oxygen atoms in total. The molecule has 4 rings (SSSR count). The zero-order valence-corrected chi connectivity index (χ0v) is 20.5. The molecule has 1 spiro atoms. The number of methoxy groups -OCH3 is 1. The summed E-state index contributed by atoms with van der Waals surface area (Å²) in [7, 11) is 1.49. The van der Waals surface area contributed by atoms with E-state index >= 15 is 0 Å². The number of hydrogen-bond donors (Lipinski definition) is 0. The lowest BCUT2D eigenvalue weighted by atomic mass is 9.64. The van der Waals surface area contributed by atoms with E-state index in [1.54, 1.807) is 0 Å². The molecular formula is C25H44N4O2. The van der Waals surface area contributed by atoms with Crippen LogP contribution < -0.4 is 0 Å². The van der Waals surface area contributed by atoms with Gasteiger partial charge in [-0.3, -0.25) is 0 Å². The first-order valence-electron chi connectivity index (χ1n) is 12.6. The SMILES string of the molecule is C/C=N\C(=C/C)N1CCCC1C1CCN(C2CC3(CCN(C(=O)OC)C3)C2)CC1.CC. The maximum Gasteiger partial charge on any atom is 0.409 e. The lowest BCUT2D eigenvalue weighted by Gasteiger charge is -2.52. The van der Waals surface area contributed by atoms with Gasteiger partial charge in [0.05, 0.1) is 7.11 Å². The third-order valence-electron chi connectivity index (χ3n) is 7.96. The highest BCUT2D eigenvalue weighted by molar-refractivity contribution is 5.67. The van der Waals surface area contributed by atoms with Crippen LogP contribution >= 0.6 is 0 Å². The van der Waals surface area contributed by atoms with Gasteiger partial charge in [-0.25, -0.2) is 9.79 Å².